The highest BCUT2D eigenvalue weighted by Crippen LogP contribution is 2.33. The summed E-state index contributed by atoms with van der Waals surface area (Å²) in [6.07, 6.45) is -4.70. The Kier molecular flexibility index (Phi) is 6.05. The molecule has 0 aliphatic rings. The van der Waals surface area contributed by atoms with E-state index in [1.165, 1.54) is 13.8 Å². The van der Waals surface area contributed by atoms with E-state index in [-0.39, 0.29) is 10.7 Å². The monoisotopic (exact) mass is 438 g/mol. The lowest BCUT2D eigenvalue weighted by atomic mass is 10.2. The van der Waals surface area contributed by atoms with Crippen LogP contribution in [0.15, 0.2) is 41.3 Å². The SMILES string of the molecule is CC(C)(CNC(=O)c1cc(F)nc(Cl)c1)S(=O)(=O)c1cccc(C(F)(F)F)c1. The summed E-state index contributed by atoms with van der Waals surface area (Å²) in [6.45, 7) is 2.07. The molecule has 0 fully saturated rings. The summed E-state index contributed by atoms with van der Waals surface area (Å²) in [5.41, 5.74) is -1.28. The van der Waals surface area contributed by atoms with Crippen molar-refractivity contribution in [2.75, 3.05) is 6.54 Å². The first-order valence-corrected chi connectivity index (χ1v) is 9.63. The molecule has 1 aromatic carbocycles. The van der Waals surface area contributed by atoms with Gasteiger partial charge in [-0.3, -0.25) is 4.79 Å². The van der Waals surface area contributed by atoms with Crippen LogP contribution in [-0.2, 0) is 16.0 Å². The second-order valence-electron chi connectivity index (χ2n) is 6.47. The highest BCUT2D eigenvalue weighted by Gasteiger charge is 2.38. The van der Waals surface area contributed by atoms with Crippen LogP contribution in [-0.4, -0.2) is 30.6 Å². The third-order valence-electron chi connectivity index (χ3n) is 3.90. The number of sulfone groups is 1. The molecule has 5 nitrogen and oxygen atoms in total. The van der Waals surface area contributed by atoms with Gasteiger partial charge in [-0.2, -0.15) is 17.6 Å². The van der Waals surface area contributed by atoms with Gasteiger partial charge in [0.1, 0.15) is 5.15 Å². The zero-order valence-electron chi connectivity index (χ0n) is 14.6. The van der Waals surface area contributed by atoms with E-state index in [1.54, 1.807) is 0 Å². The lowest BCUT2D eigenvalue weighted by Crippen LogP contribution is -2.44. The average molecular weight is 439 g/mol. The third kappa shape index (κ3) is 4.79. The number of rotatable bonds is 5. The predicted octanol–water partition coefficient (Wildman–Crippen LogP) is 3.88. The highest BCUT2D eigenvalue weighted by atomic mass is 35.5. The standard InChI is InChI=1S/C17H15ClF4N2O3S/c1-16(2,9-23-15(25)10-6-13(18)24-14(19)7-10)28(26,27)12-5-3-4-11(8-12)17(20,21)22/h3-8H,9H2,1-2H3,(H,23,25). The third-order valence-corrected chi connectivity index (χ3v) is 6.57. The molecular formula is C17H15ClF4N2O3S. The first-order valence-electron chi connectivity index (χ1n) is 7.77. The summed E-state index contributed by atoms with van der Waals surface area (Å²) in [5.74, 6) is -1.80. The molecule has 1 heterocycles. The van der Waals surface area contributed by atoms with E-state index in [0.29, 0.717) is 6.07 Å². The number of alkyl halides is 3. The van der Waals surface area contributed by atoms with Crippen LogP contribution in [0.3, 0.4) is 0 Å². The number of aromatic nitrogens is 1. The van der Waals surface area contributed by atoms with Gasteiger partial charge in [0.05, 0.1) is 15.2 Å². The largest absolute Gasteiger partial charge is 0.416 e. The Morgan fingerprint density at radius 3 is 2.39 bits per heavy atom. The molecular weight excluding hydrogens is 424 g/mol. The fourth-order valence-corrected chi connectivity index (χ4v) is 3.88. The van der Waals surface area contributed by atoms with Gasteiger partial charge in [-0.1, -0.05) is 17.7 Å². The minimum atomic E-state index is -4.70. The van der Waals surface area contributed by atoms with E-state index in [4.69, 9.17) is 11.6 Å². The van der Waals surface area contributed by atoms with E-state index in [2.05, 4.69) is 10.3 Å². The lowest BCUT2D eigenvalue weighted by molar-refractivity contribution is -0.137. The van der Waals surface area contributed by atoms with Gasteiger partial charge in [-0.25, -0.2) is 13.4 Å². The van der Waals surface area contributed by atoms with Crippen LogP contribution in [0.4, 0.5) is 17.6 Å². The first-order chi connectivity index (χ1) is 12.7. The number of nitrogens with one attached hydrogen (secondary N) is 1. The molecule has 0 unspecified atom stereocenters. The molecule has 152 valence electrons. The van der Waals surface area contributed by atoms with Gasteiger partial charge in [0.15, 0.2) is 9.84 Å². The molecule has 0 aliphatic carbocycles. The van der Waals surface area contributed by atoms with Crippen molar-refractivity contribution in [3.8, 4) is 0 Å². The van der Waals surface area contributed by atoms with Crippen LogP contribution in [0, 0.1) is 5.95 Å². The van der Waals surface area contributed by atoms with Crippen molar-refractivity contribution >= 4 is 27.3 Å². The van der Waals surface area contributed by atoms with Crippen LogP contribution >= 0.6 is 11.6 Å². The molecule has 0 saturated heterocycles. The van der Waals surface area contributed by atoms with Crippen molar-refractivity contribution in [3.05, 3.63) is 58.6 Å². The van der Waals surface area contributed by atoms with E-state index in [1.807, 2.05) is 0 Å². The van der Waals surface area contributed by atoms with Crippen molar-refractivity contribution in [2.24, 2.45) is 0 Å². The summed E-state index contributed by atoms with van der Waals surface area (Å²) in [5, 5.41) is 2.06. The molecule has 1 amide bonds. The molecule has 11 heteroatoms. The van der Waals surface area contributed by atoms with Crippen molar-refractivity contribution in [1.82, 2.24) is 10.3 Å². The summed E-state index contributed by atoms with van der Waals surface area (Å²) in [7, 11) is -4.24. The average Bonchev–Trinajstić information content (AvgIpc) is 2.58. The highest BCUT2D eigenvalue weighted by molar-refractivity contribution is 7.92. The molecule has 0 saturated carbocycles. The van der Waals surface area contributed by atoms with Crippen LogP contribution in [0.5, 0.6) is 0 Å². The number of hydrogen-bond donors (Lipinski definition) is 1. The molecule has 1 N–H and O–H groups in total. The van der Waals surface area contributed by atoms with Crippen molar-refractivity contribution in [1.29, 1.82) is 0 Å². The van der Waals surface area contributed by atoms with Crippen LogP contribution in [0.2, 0.25) is 5.15 Å². The van der Waals surface area contributed by atoms with Gasteiger partial charge >= 0.3 is 6.18 Å². The molecule has 0 spiro atoms. The normalized spacial score (nSPS) is 12.7. The van der Waals surface area contributed by atoms with Crippen LogP contribution < -0.4 is 5.32 Å². The second kappa shape index (κ2) is 7.67. The summed E-state index contributed by atoms with van der Waals surface area (Å²) in [4.78, 5) is 14.9. The Bertz CT molecular complexity index is 987. The van der Waals surface area contributed by atoms with Crippen LogP contribution in [0.1, 0.15) is 29.8 Å². The quantitative estimate of drug-likeness (QED) is 0.568. The zero-order chi connectivity index (χ0) is 21.3. The maximum atomic E-state index is 13.2. The maximum Gasteiger partial charge on any atom is 0.416 e. The molecule has 0 bridgehead atoms. The number of benzene rings is 1. The van der Waals surface area contributed by atoms with E-state index < -0.39 is 49.6 Å². The number of nitrogens with zero attached hydrogens (tertiary/aromatic N) is 1. The minimum absolute atomic E-state index is 0.176. The summed E-state index contributed by atoms with van der Waals surface area (Å²) < 4.78 is 75.7. The molecule has 2 rings (SSSR count). The predicted molar refractivity (Wildman–Crippen MR) is 94.2 cm³/mol. The molecule has 0 atom stereocenters. The number of carbonyl (C=O) groups excluding carboxylic acids is 1. The molecule has 2 aromatic rings. The maximum absolute atomic E-state index is 13.2. The molecule has 0 aliphatic heterocycles. The summed E-state index contributed by atoms with van der Waals surface area (Å²) in [6, 6.07) is 5.24. The van der Waals surface area contributed by atoms with Crippen molar-refractivity contribution < 1.29 is 30.8 Å². The van der Waals surface area contributed by atoms with Gasteiger partial charge in [0.2, 0.25) is 5.95 Å². The zero-order valence-corrected chi connectivity index (χ0v) is 16.2. The lowest BCUT2D eigenvalue weighted by Gasteiger charge is -2.25. The number of pyridine rings is 1. The number of carbonyl (C=O) groups is 1. The Hall–Kier alpha value is -2.20. The Morgan fingerprint density at radius 1 is 1.18 bits per heavy atom. The van der Waals surface area contributed by atoms with Gasteiger partial charge in [-0.05, 0) is 38.1 Å². The molecule has 1 aromatic heterocycles. The van der Waals surface area contributed by atoms with Crippen molar-refractivity contribution in [3.63, 3.8) is 0 Å². The number of amides is 1. The Morgan fingerprint density at radius 2 is 1.82 bits per heavy atom. The fourth-order valence-electron chi connectivity index (χ4n) is 2.24. The van der Waals surface area contributed by atoms with Crippen molar-refractivity contribution in [2.45, 2.75) is 29.7 Å². The van der Waals surface area contributed by atoms with Crippen LogP contribution in [0.25, 0.3) is 0 Å². The Balaban J connectivity index is 2.24. The molecule has 28 heavy (non-hydrogen) atoms. The van der Waals surface area contributed by atoms with E-state index in [0.717, 1.165) is 30.3 Å². The van der Waals surface area contributed by atoms with Gasteiger partial charge < -0.3 is 5.32 Å². The smallest absolute Gasteiger partial charge is 0.350 e. The second-order valence-corrected chi connectivity index (χ2v) is 9.44. The fraction of sp³-hybridized carbons (Fsp3) is 0.294. The summed E-state index contributed by atoms with van der Waals surface area (Å²) >= 11 is 5.57. The number of hydrogen-bond acceptors (Lipinski definition) is 4. The Labute approximate surface area is 163 Å². The first kappa shape index (κ1) is 22.1. The van der Waals surface area contributed by atoms with E-state index >= 15 is 0 Å². The van der Waals surface area contributed by atoms with Gasteiger partial charge in [-0.15, -0.1) is 0 Å². The van der Waals surface area contributed by atoms with Gasteiger partial charge in [0.25, 0.3) is 5.91 Å². The topological polar surface area (TPSA) is 76.1 Å². The number of halogens is 5. The molecule has 0 radical (unpaired) electrons. The van der Waals surface area contributed by atoms with Gasteiger partial charge in [0, 0.05) is 18.2 Å². The minimum Gasteiger partial charge on any atom is -0.350 e. The van der Waals surface area contributed by atoms with E-state index in [9.17, 15) is 30.8 Å².